The molecule has 0 radical (unpaired) electrons. The molecule has 9 nitrogen and oxygen atoms in total. The standard InChI is InChI=1S/C17H16N8O/c1-17(2)13-10(8-26-17)14(21-16(19-13)12-7-18-25-23-12)20-15-9-5-3-4-6-11(9)22-24-15/h3-7H,8H2,1-2H3,(H,18,23,25)(H2,19,20,21,22,24). The highest BCUT2D eigenvalue weighted by Gasteiger charge is 2.36. The Morgan fingerprint density at radius 3 is 2.85 bits per heavy atom. The Bertz CT molecular complexity index is 1100. The van der Waals surface area contributed by atoms with E-state index in [4.69, 9.17) is 4.74 Å². The van der Waals surface area contributed by atoms with E-state index in [1.807, 2.05) is 38.1 Å². The van der Waals surface area contributed by atoms with Crippen LogP contribution >= 0.6 is 0 Å². The predicted molar refractivity (Wildman–Crippen MR) is 94.6 cm³/mol. The zero-order chi connectivity index (χ0) is 17.7. The van der Waals surface area contributed by atoms with Crippen LogP contribution in [-0.4, -0.2) is 35.6 Å². The minimum Gasteiger partial charge on any atom is -0.364 e. The van der Waals surface area contributed by atoms with Gasteiger partial charge < -0.3 is 10.1 Å². The van der Waals surface area contributed by atoms with Crippen molar-refractivity contribution in [2.45, 2.75) is 26.1 Å². The summed E-state index contributed by atoms with van der Waals surface area (Å²) >= 11 is 0. The van der Waals surface area contributed by atoms with Crippen LogP contribution in [0.4, 0.5) is 11.6 Å². The normalized spacial score (nSPS) is 15.3. The van der Waals surface area contributed by atoms with Crippen molar-refractivity contribution in [1.29, 1.82) is 0 Å². The first kappa shape index (κ1) is 15.0. The van der Waals surface area contributed by atoms with Crippen molar-refractivity contribution >= 4 is 22.5 Å². The van der Waals surface area contributed by atoms with E-state index in [0.29, 0.717) is 29.8 Å². The molecule has 0 saturated carbocycles. The molecular weight excluding hydrogens is 332 g/mol. The molecule has 130 valence electrons. The van der Waals surface area contributed by atoms with Gasteiger partial charge in [-0.2, -0.15) is 20.5 Å². The second-order valence-electron chi connectivity index (χ2n) is 6.62. The maximum atomic E-state index is 5.92. The summed E-state index contributed by atoms with van der Waals surface area (Å²) in [5.41, 5.74) is 2.79. The Morgan fingerprint density at radius 2 is 2.00 bits per heavy atom. The molecule has 4 aromatic rings. The van der Waals surface area contributed by atoms with E-state index < -0.39 is 5.60 Å². The highest BCUT2D eigenvalue weighted by atomic mass is 16.5. The Hall–Kier alpha value is -3.33. The van der Waals surface area contributed by atoms with Gasteiger partial charge in [0, 0.05) is 10.9 Å². The molecule has 4 heterocycles. The molecule has 0 saturated heterocycles. The van der Waals surface area contributed by atoms with Crippen LogP contribution in [0.1, 0.15) is 25.1 Å². The fraction of sp³-hybridized carbons (Fsp3) is 0.235. The summed E-state index contributed by atoms with van der Waals surface area (Å²) in [5, 5.41) is 22.3. The number of hydrogen-bond donors (Lipinski definition) is 3. The number of rotatable bonds is 3. The number of nitrogens with zero attached hydrogens (tertiary/aromatic N) is 5. The van der Waals surface area contributed by atoms with Gasteiger partial charge in [-0.15, -0.1) is 0 Å². The average molecular weight is 348 g/mol. The number of ether oxygens (including phenoxy) is 1. The van der Waals surface area contributed by atoms with Gasteiger partial charge in [0.25, 0.3) is 0 Å². The van der Waals surface area contributed by atoms with E-state index in [1.165, 1.54) is 0 Å². The summed E-state index contributed by atoms with van der Waals surface area (Å²) in [6, 6.07) is 7.92. The molecule has 0 amide bonds. The maximum absolute atomic E-state index is 5.92. The summed E-state index contributed by atoms with van der Waals surface area (Å²) in [6.45, 7) is 4.42. The van der Waals surface area contributed by atoms with Crippen molar-refractivity contribution in [2.24, 2.45) is 0 Å². The van der Waals surface area contributed by atoms with Gasteiger partial charge in [0.1, 0.15) is 17.1 Å². The van der Waals surface area contributed by atoms with Crippen LogP contribution in [0.25, 0.3) is 22.4 Å². The third kappa shape index (κ3) is 2.25. The summed E-state index contributed by atoms with van der Waals surface area (Å²) in [6.07, 6.45) is 1.60. The summed E-state index contributed by atoms with van der Waals surface area (Å²) < 4.78 is 5.92. The van der Waals surface area contributed by atoms with Gasteiger partial charge in [-0.05, 0) is 26.0 Å². The fourth-order valence-corrected chi connectivity index (χ4v) is 3.14. The summed E-state index contributed by atoms with van der Waals surface area (Å²) in [5.74, 6) is 1.85. The van der Waals surface area contributed by atoms with Crippen molar-refractivity contribution in [1.82, 2.24) is 35.6 Å². The summed E-state index contributed by atoms with van der Waals surface area (Å²) in [4.78, 5) is 9.33. The molecule has 1 aliphatic heterocycles. The molecular formula is C17H16N8O. The quantitative estimate of drug-likeness (QED) is 0.521. The van der Waals surface area contributed by atoms with Gasteiger partial charge in [-0.3, -0.25) is 5.10 Å². The fourth-order valence-electron chi connectivity index (χ4n) is 3.14. The van der Waals surface area contributed by atoms with Crippen molar-refractivity contribution < 1.29 is 4.74 Å². The van der Waals surface area contributed by atoms with E-state index in [9.17, 15) is 0 Å². The first-order chi connectivity index (χ1) is 12.6. The van der Waals surface area contributed by atoms with Crippen LogP contribution in [0.5, 0.6) is 0 Å². The largest absolute Gasteiger partial charge is 0.364 e. The lowest BCUT2D eigenvalue weighted by Crippen LogP contribution is -2.17. The number of para-hydroxylation sites is 1. The van der Waals surface area contributed by atoms with Gasteiger partial charge in [0.2, 0.25) is 0 Å². The van der Waals surface area contributed by atoms with Crippen LogP contribution in [0.15, 0.2) is 30.5 Å². The van der Waals surface area contributed by atoms with Gasteiger partial charge in [0.05, 0.1) is 24.0 Å². The number of hydrogen-bond acceptors (Lipinski definition) is 7. The number of aromatic amines is 2. The van der Waals surface area contributed by atoms with Gasteiger partial charge in [-0.1, -0.05) is 12.1 Å². The van der Waals surface area contributed by atoms with Crippen LogP contribution in [0.3, 0.4) is 0 Å². The van der Waals surface area contributed by atoms with Gasteiger partial charge in [-0.25, -0.2) is 9.97 Å². The van der Waals surface area contributed by atoms with Crippen molar-refractivity contribution in [3.8, 4) is 11.5 Å². The van der Waals surface area contributed by atoms with Crippen LogP contribution in [-0.2, 0) is 16.9 Å². The maximum Gasteiger partial charge on any atom is 0.184 e. The van der Waals surface area contributed by atoms with Crippen molar-refractivity contribution in [3.05, 3.63) is 41.7 Å². The Morgan fingerprint density at radius 1 is 1.12 bits per heavy atom. The van der Waals surface area contributed by atoms with E-state index >= 15 is 0 Å². The number of nitrogens with one attached hydrogen (secondary N) is 3. The molecule has 9 heteroatoms. The smallest absolute Gasteiger partial charge is 0.184 e. The molecule has 3 N–H and O–H groups in total. The molecule has 5 rings (SSSR count). The highest BCUT2D eigenvalue weighted by molar-refractivity contribution is 5.91. The van der Waals surface area contributed by atoms with E-state index in [0.717, 1.165) is 22.2 Å². The molecule has 0 fully saturated rings. The molecule has 0 spiro atoms. The molecule has 1 aromatic carbocycles. The molecule has 3 aromatic heterocycles. The number of anilines is 2. The zero-order valence-electron chi connectivity index (χ0n) is 14.2. The Labute approximate surface area is 148 Å². The Balaban J connectivity index is 1.66. The minimum atomic E-state index is -0.499. The second kappa shape index (κ2) is 5.33. The first-order valence-corrected chi connectivity index (χ1v) is 8.23. The average Bonchev–Trinajstić information content (AvgIpc) is 3.36. The third-order valence-corrected chi connectivity index (χ3v) is 4.51. The number of fused-ring (bicyclic) bond motifs is 2. The van der Waals surface area contributed by atoms with Crippen LogP contribution in [0, 0.1) is 0 Å². The lowest BCUT2D eigenvalue weighted by Gasteiger charge is -2.17. The van der Waals surface area contributed by atoms with Crippen molar-refractivity contribution in [2.75, 3.05) is 5.32 Å². The first-order valence-electron chi connectivity index (χ1n) is 8.23. The lowest BCUT2D eigenvalue weighted by atomic mass is 10.0. The van der Waals surface area contributed by atoms with Crippen LogP contribution < -0.4 is 5.32 Å². The highest BCUT2D eigenvalue weighted by Crippen LogP contribution is 2.39. The Kier molecular flexibility index (Phi) is 3.07. The summed E-state index contributed by atoms with van der Waals surface area (Å²) in [7, 11) is 0. The monoisotopic (exact) mass is 348 g/mol. The van der Waals surface area contributed by atoms with Crippen molar-refractivity contribution in [3.63, 3.8) is 0 Å². The van der Waals surface area contributed by atoms with E-state index in [1.54, 1.807) is 6.20 Å². The lowest BCUT2D eigenvalue weighted by molar-refractivity contribution is -0.00995. The molecule has 0 bridgehead atoms. The number of aromatic nitrogens is 7. The molecule has 0 unspecified atom stereocenters. The minimum absolute atomic E-state index is 0.437. The SMILES string of the molecule is CC1(C)OCc2c(Nc3n[nH]c4ccccc34)nc(-c3cn[nH]n3)nc21. The second-order valence-corrected chi connectivity index (χ2v) is 6.62. The molecule has 0 aliphatic carbocycles. The molecule has 26 heavy (non-hydrogen) atoms. The van der Waals surface area contributed by atoms with Crippen LogP contribution in [0.2, 0.25) is 0 Å². The predicted octanol–water partition coefficient (Wildman–Crippen LogP) is 2.65. The van der Waals surface area contributed by atoms with Gasteiger partial charge in [0.15, 0.2) is 11.6 Å². The number of H-pyrrole nitrogens is 2. The van der Waals surface area contributed by atoms with E-state index in [-0.39, 0.29) is 0 Å². The number of benzene rings is 1. The molecule has 1 aliphatic rings. The third-order valence-electron chi connectivity index (χ3n) is 4.51. The van der Waals surface area contributed by atoms with E-state index in [2.05, 4.69) is 40.9 Å². The zero-order valence-corrected chi connectivity index (χ0v) is 14.2. The molecule has 0 atom stereocenters. The van der Waals surface area contributed by atoms with Gasteiger partial charge >= 0.3 is 0 Å². The topological polar surface area (TPSA) is 117 Å².